The molecular formula is C31H33FN2O9S. The Morgan fingerprint density at radius 3 is 2.52 bits per heavy atom. The van der Waals surface area contributed by atoms with Gasteiger partial charge >= 0.3 is 0 Å². The minimum absolute atomic E-state index is 0.0316. The molecule has 5 rings (SSSR count). The van der Waals surface area contributed by atoms with Gasteiger partial charge in [0.05, 0.1) is 25.2 Å². The van der Waals surface area contributed by atoms with Crippen LogP contribution < -0.4 is 19.5 Å². The monoisotopic (exact) mass is 628 g/mol. The van der Waals surface area contributed by atoms with E-state index in [1.807, 2.05) is 12.1 Å². The van der Waals surface area contributed by atoms with Crippen molar-refractivity contribution in [3.05, 3.63) is 95.5 Å². The third-order valence-electron chi connectivity index (χ3n) is 7.16. The van der Waals surface area contributed by atoms with E-state index in [2.05, 4.69) is 5.32 Å². The summed E-state index contributed by atoms with van der Waals surface area (Å²) in [6.07, 6.45) is 1.14. The van der Waals surface area contributed by atoms with Gasteiger partial charge in [0.25, 0.3) is 5.91 Å². The first-order valence-corrected chi connectivity index (χ1v) is 15.4. The molecule has 0 aliphatic carbocycles. The van der Waals surface area contributed by atoms with E-state index in [0.29, 0.717) is 29.2 Å². The summed E-state index contributed by atoms with van der Waals surface area (Å²) in [5.74, 6) is 0.590. The zero-order valence-electron chi connectivity index (χ0n) is 24.0. The molecule has 0 fully saturated rings. The number of carbonyl (C=O) groups excluding carboxylic acids is 1. The minimum atomic E-state index is -3.94. The molecule has 0 unspecified atom stereocenters. The number of aliphatic hydroxyl groups is 1. The molecule has 0 spiro atoms. The standard InChI is InChI=1S/C31H33FN2O9S/c1-39-25-7-9-26(10-8-25)44(37,38)34(12-14-35)13-15-40-30-18-23(22-4-11-27-28(16-22)42-20-41-27)17-29(43-30)31(36)33-19-21-2-5-24(32)6-3-21/h2-11,16-17,23,30,35H,12-15,18-20H2,1H3,(H,33,36)/t23-,30+/m0/s1. The van der Waals surface area contributed by atoms with Crippen LogP contribution in [0, 0.1) is 5.82 Å². The first-order chi connectivity index (χ1) is 21.3. The Labute approximate surface area is 254 Å². The Morgan fingerprint density at radius 1 is 1.05 bits per heavy atom. The average Bonchev–Trinajstić information content (AvgIpc) is 3.52. The van der Waals surface area contributed by atoms with Crippen molar-refractivity contribution < 1.29 is 46.4 Å². The lowest BCUT2D eigenvalue weighted by atomic mass is 9.92. The van der Waals surface area contributed by atoms with E-state index in [0.717, 1.165) is 9.87 Å². The first-order valence-electron chi connectivity index (χ1n) is 13.9. The van der Waals surface area contributed by atoms with Crippen molar-refractivity contribution in [3.8, 4) is 17.2 Å². The molecule has 3 aromatic rings. The molecular weight excluding hydrogens is 595 g/mol. The summed E-state index contributed by atoms with van der Waals surface area (Å²) in [7, 11) is -2.45. The molecule has 3 aromatic carbocycles. The first kappa shape index (κ1) is 31.3. The molecule has 234 valence electrons. The zero-order valence-corrected chi connectivity index (χ0v) is 24.8. The topological polar surface area (TPSA) is 133 Å². The fourth-order valence-electron chi connectivity index (χ4n) is 4.81. The number of benzene rings is 3. The van der Waals surface area contributed by atoms with Crippen LogP contribution in [0.1, 0.15) is 23.5 Å². The summed E-state index contributed by atoms with van der Waals surface area (Å²) < 4.78 is 68.9. The summed E-state index contributed by atoms with van der Waals surface area (Å²) >= 11 is 0. The van der Waals surface area contributed by atoms with Crippen LogP contribution in [-0.2, 0) is 30.8 Å². The number of hydrogen-bond acceptors (Lipinski definition) is 9. The lowest BCUT2D eigenvalue weighted by Crippen LogP contribution is -2.38. The number of sulfonamides is 1. The molecule has 11 nitrogen and oxygen atoms in total. The van der Waals surface area contributed by atoms with Gasteiger partial charge < -0.3 is 34.1 Å². The number of nitrogens with zero attached hydrogens (tertiary/aromatic N) is 1. The highest BCUT2D eigenvalue weighted by Crippen LogP contribution is 2.38. The van der Waals surface area contributed by atoms with Crippen molar-refractivity contribution in [1.29, 1.82) is 0 Å². The number of nitrogens with one attached hydrogen (secondary N) is 1. The maximum atomic E-state index is 13.3. The molecule has 2 heterocycles. The number of methoxy groups -OCH3 is 1. The van der Waals surface area contributed by atoms with Crippen LogP contribution in [0.3, 0.4) is 0 Å². The van der Waals surface area contributed by atoms with Crippen molar-refractivity contribution >= 4 is 15.9 Å². The van der Waals surface area contributed by atoms with Crippen LogP contribution in [0.2, 0.25) is 0 Å². The number of ether oxygens (including phenoxy) is 5. The average molecular weight is 629 g/mol. The molecule has 44 heavy (non-hydrogen) atoms. The maximum absolute atomic E-state index is 13.3. The van der Waals surface area contributed by atoms with E-state index in [-0.39, 0.29) is 62.0 Å². The van der Waals surface area contributed by atoms with E-state index >= 15 is 0 Å². The predicted octanol–water partition coefficient (Wildman–Crippen LogP) is 3.29. The summed E-state index contributed by atoms with van der Waals surface area (Å²) in [4.78, 5) is 13.2. The number of hydrogen-bond donors (Lipinski definition) is 2. The Kier molecular flexibility index (Phi) is 10.0. The Balaban J connectivity index is 1.28. The van der Waals surface area contributed by atoms with E-state index in [1.165, 1.54) is 31.4 Å². The van der Waals surface area contributed by atoms with Gasteiger partial charge in [0, 0.05) is 32.0 Å². The summed E-state index contributed by atoms with van der Waals surface area (Å²) in [5, 5.41) is 12.3. The number of allylic oxidation sites excluding steroid dienone is 1. The van der Waals surface area contributed by atoms with Gasteiger partial charge in [-0.15, -0.1) is 0 Å². The van der Waals surface area contributed by atoms with Crippen LogP contribution >= 0.6 is 0 Å². The number of halogens is 1. The normalized spacial score (nSPS) is 17.6. The summed E-state index contributed by atoms with van der Waals surface area (Å²) in [6, 6.07) is 17.2. The largest absolute Gasteiger partial charge is 0.497 e. The lowest BCUT2D eigenvalue weighted by molar-refractivity contribution is -0.146. The number of fused-ring (bicyclic) bond motifs is 1. The smallest absolute Gasteiger partial charge is 0.286 e. The predicted molar refractivity (Wildman–Crippen MR) is 156 cm³/mol. The Hall–Kier alpha value is -4.17. The highest BCUT2D eigenvalue weighted by molar-refractivity contribution is 7.89. The highest BCUT2D eigenvalue weighted by atomic mass is 32.2. The number of carbonyl (C=O) groups is 1. The van der Waals surface area contributed by atoms with E-state index in [9.17, 15) is 22.7 Å². The highest BCUT2D eigenvalue weighted by Gasteiger charge is 2.31. The second-order valence-electron chi connectivity index (χ2n) is 10.0. The van der Waals surface area contributed by atoms with Crippen molar-refractivity contribution in [2.24, 2.45) is 0 Å². The fourth-order valence-corrected chi connectivity index (χ4v) is 6.23. The summed E-state index contributed by atoms with van der Waals surface area (Å²) in [6.45, 7) is -0.394. The second kappa shape index (κ2) is 14.1. The third kappa shape index (κ3) is 7.48. The maximum Gasteiger partial charge on any atom is 0.286 e. The van der Waals surface area contributed by atoms with Crippen molar-refractivity contribution in [2.75, 3.05) is 40.2 Å². The van der Waals surface area contributed by atoms with Crippen molar-refractivity contribution in [1.82, 2.24) is 9.62 Å². The van der Waals surface area contributed by atoms with Gasteiger partial charge in [-0.3, -0.25) is 4.79 Å². The molecule has 2 aliphatic rings. The molecule has 0 bridgehead atoms. The molecule has 2 N–H and O–H groups in total. The molecule has 13 heteroatoms. The molecule has 0 saturated heterocycles. The van der Waals surface area contributed by atoms with Crippen LogP contribution in [0.5, 0.6) is 17.2 Å². The van der Waals surface area contributed by atoms with Gasteiger partial charge in [-0.05, 0) is 65.7 Å². The van der Waals surface area contributed by atoms with Gasteiger partial charge in [0.1, 0.15) is 11.6 Å². The SMILES string of the molecule is COc1ccc(S(=O)(=O)N(CCO)CCO[C@H]2C[C@@H](c3ccc4c(c3)OCO4)C=C(C(=O)NCc3ccc(F)cc3)O2)cc1. The zero-order chi connectivity index (χ0) is 31.1. The molecule has 2 atom stereocenters. The minimum Gasteiger partial charge on any atom is -0.497 e. The second-order valence-corrected chi connectivity index (χ2v) is 12.0. The Bertz CT molecular complexity index is 1580. The number of aliphatic hydroxyl groups excluding tert-OH is 1. The molecule has 0 radical (unpaired) electrons. The van der Waals surface area contributed by atoms with Gasteiger partial charge in [-0.25, -0.2) is 12.8 Å². The molecule has 1 amide bonds. The lowest BCUT2D eigenvalue weighted by Gasteiger charge is -2.30. The van der Waals surface area contributed by atoms with Crippen LogP contribution in [0.25, 0.3) is 0 Å². The summed E-state index contributed by atoms with van der Waals surface area (Å²) in [5.41, 5.74) is 1.55. The Morgan fingerprint density at radius 2 is 1.80 bits per heavy atom. The van der Waals surface area contributed by atoms with Crippen LogP contribution in [-0.4, -0.2) is 70.2 Å². The van der Waals surface area contributed by atoms with Crippen molar-refractivity contribution in [3.63, 3.8) is 0 Å². The van der Waals surface area contributed by atoms with Crippen molar-refractivity contribution in [2.45, 2.75) is 30.1 Å². The van der Waals surface area contributed by atoms with Gasteiger partial charge in [0.15, 0.2) is 17.3 Å². The molecule has 0 aromatic heterocycles. The number of amides is 1. The molecule has 0 saturated carbocycles. The fraction of sp³-hybridized carbons (Fsp3) is 0.323. The van der Waals surface area contributed by atoms with Crippen LogP contribution in [0.15, 0.2) is 83.5 Å². The van der Waals surface area contributed by atoms with Gasteiger partial charge in [0.2, 0.25) is 23.1 Å². The van der Waals surface area contributed by atoms with E-state index in [4.69, 9.17) is 23.7 Å². The molecule has 2 aliphatic heterocycles. The number of rotatable bonds is 13. The quantitative estimate of drug-likeness (QED) is 0.293. The van der Waals surface area contributed by atoms with E-state index in [1.54, 1.807) is 36.4 Å². The van der Waals surface area contributed by atoms with E-state index < -0.39 is 22.2 Å². The van der Waals surface area contributed by atoms with Crippen LogP contribution in [0.4, 0.5) is 4.39 Å². The van der Waals surface area contributed by atoms with Gasteiger partial charge in [-0.2, -0.15) is 4.31 Å². The third-order valence-corrected chi connectivity index (χ3v) is 9.08. The van der Waals surface area contributed by atoms with Gasteiger partial charge in [-0.1, -0.05) is 18.2 Å².